The Hall–Kier alpha value is -0.870. The molecule has 0 aliphatic carbocycles. The van der Waals surface area contributed by atoms with Crippen LogP contribution in [0.5, 0.6) is 0 Å². The normalized spacial score (nSPS) is 22.5. The summed E-state index contributed by atoms with van der Waals surface area (Å²) in [7, 11) is 0. The van der Waals surface area contributed by atoms with Crippen molar-refractivity contribution in [1.29, 1.82) is 0 Å². The highest BCUT2D eigenvalue weighted by Crippen LogP contribution is 2.36. The second kappa shape index (κ2) is 4.42. The Morgan fingerprint density at radius 3 is 3.06 bits per heavy atom. The zero-order valence-electron chi connectivity index (χ0n) is 9.95. The number of thiophene rings is 1. The lowest BCUT2D eigenvalue weighted by molar-refractivity contribution is -0.143. The molecule has 1 aromatic heterocycles. The first-order valence-electron chi connectivity index (χ1n) is 6.28. The van der Waals surface area contributed by atoms with Gasteiger partial charge in [0.15, 0.2) is 0 Å². The first-order valence-corrected chi connectivity index (χ1v) is 7.16. The Labute approximate surface area is 106 Å². The minimum absolute atomic E-state index is 0.295. The van der Waals surface area contributed by atoms with Crippen molar-refractivity contribution in [1.82, 2.24) is 10.2 Å². The molecule has 0 aromatic carbocycles. The van der Waals surface area contributed by atoms with E-state index in [-0.39, 0.29) is 0 Å². The lowest BCUT2D eigenvalue weighted by atomic mass is 9.74. The summed E-state index contributed by atoms with van der Waals surface area (Å²) in [6.45, 7) is 4.16. The number of nitrogens with zero attached hydrogens (tertiary/aromatic N) is 1. The molecule has 3 heterocycles. The smallest absolute Gasteiger partial charge is 0.227 e. The number of piperidine rings is 1. The fourth-order valence-electron chi connectivity index (χ4n) is 2.91. The van der Waals surface area contributed by atoms with Crippen LogP contribution in [0.2, 0.25) is 0 Å². The summed E-state index contributed by atoms with van der Waals surface area (Å²) in [6.07, 6.45) is 3.12. The average Bonchev–Trinajstić information content (AvgIpc) is 2.79. The molecule has 0 bridgehead atoms. The summed E-state index contributed by atoms with van der Waals surface area (Å²) in [5, 5.41) is 5.48. The molecule has 2 aliphatic rings. The number of carbonyl (C=O) groups excluding carboxylic acids is 1. The predicted octanol–water partition coefficient (Wildman–Crippen LogP) is 1.50. The van der Waals surface area contributed by atoms with Gasteiger partial charge < -0.3 is 10.2 Å². The number of rotatable bonds is 2. The van der Waals surface area contributed by atoms with Crippen molar-refractivity contribution < 1.29 is 4.79 Å². The van der Waals surface area contributed by atoms with Gasteiger partial charge in [0.05, 0.1) is 6.42 Å². The van der Waals surface area contributed by atoms with Gasteiger partial charge in [-0.15, -0.1) is 11.3 Å². The standard InChI is InChI=1S/C13H18N2OS/c16-12(7-11-3-1-6-17-11)15-9-13(10-15)4-2-5-14-8-13/h1,3,6,14H,2,4-5,7-10H2. The number of hydrogen-bond donors (Lipinski definition) is 1. The van der Waals surface area contributed by atoms with Gasteiger partial charge >= 0.3 is 0 Å². The molecule has 1 N–H and O–H groups in total. The van der Waals surface area contributed by atoms with E-state index < -0.39 is 0 Å². The quantitative estimate of drug-likeness (QED) is 0.863. The van der Waals surface area contributed by atoms with Gasteiger partial charge in [0.1, 0.15) is 0 Å². The minimum atomic E-state index is 0.295. The maximum absolute atomic E-state index is 12.0. The van der Waals surface area contributed by atoms with Crippen LogP contribution >= 0.6 is 11.3 Å². The predicted molar refractivity (Wildman–Crippen MR) is 69.1 cm³/mol. The van der Waals surface area contributed by atoms with E-state index in [0.29, 0.717) is 17.7 Å². The minimum Gasteiger partial charge on any atom is -0.341 e. The van der Waals surface area contributed by atoms with Gasteiger partial charge in [0.25, 0.3) is 0 Å². The van der Waals surface area contributed by atoms with Crippen molar-refractivity contribution in [3.8, 4) is 0 Å². The molecule has 3 rings (SSSR count). The molecular weight excluding hydrogens is 232 g/mol. The van der Waals surface area contributed by atoms with Crippen molar-refractivity contribution in [3.05, 3.63) is 22.4 Å². The van der Waals surface area contributed by atoms with Crippen molar-refractivity contribution in [2.24, 2.45) is 5.41 Å². The van der Waals surface area contributed by atoms with Crippen LogP contribution in [-0.4, -0.2) is 37.0 Å². The third kappa shape index (κ3) is 2.24. The van der Waals surface area contributed by atoms with Crippen molar-refractivity contribution in [2.45, 2.75) is 19.3 Å². The van der Waals surface area contributed by atoms with Crippen LogP contribution in [0.25, 0.3) is 0 Å². The molecule has 1 aromatic rings. The highest BCUT2D eigenvalue weighted by Gasteiger charge is 2.45. The zero-order chi connectivity index (χ0) is 11.7. The molecule has 1 amide bonds. The second-order valence-corrected chi connectivity index (χ2v) is 6.32. The first kappa shape index (κ1) is 11.2. The van der Waals surface area contributed by atoms with E-state index >= 15 is 0 Å². The van der Waals surface area contributed by atoms with E-state index in [1.165, 1.54) is 17.7 Å². The third-order valence-electron chi connectivity index (χ3n) is 3.87. The molecule has 3 nitrogen and oxygen atoms in total. The van der Waals surface area contributed by atoms with E-state index in [1.807, 2.05) is 22.4 Å². The SMILES string of the molecule is O=C(Cc1cccs1)N1CC2(CCCNC2)C1. The maximum Gasteiger partial charge on any atom is 0.227 e. The van der Waals surface area contributed by atoms with E-state index in [2.05, 4.69) is 5.32 Å². The van der Waals surface area contributed by atoms with Crippen LogP contribution in [-0.2, 0) is 11.2 Å². The number of amides is 1. The molecule has 4 heteroatoms. The lowest BCUT2D eigenvalue weighted by Crippen LogP contribution is -2.63. The monoisotopic (exact) mass is 250 g/mol. The van der Waals surface area contributed by atoms with E-state index in [9.17, 15) is 4.79 Å². The van der Waals surface area contributed by atoms with E-state index in [4.69, 9.17) is 0 Å². The molecule has 0 radical (unpaired) electrons. The molecule has 92 valence electrons. The molecule has 1 spiro atoms. The summed E-state index contributed by atoms with van der Waals surface area (Å²) >= 11 is 1.67. The Morgan fingerprint density at radius 1 is 1.53 bits per heavy atom. The fourth-order valence-corrected chi connectivity index (χ4v) is 3.61. The van der Waals surface area contributed by atoms with Gasteiger partial charge in [-0.25, -0.2) is 0 Å². The average molecular weight is 250 g/mol. The molecule has 0 atom stereocenters. The van der Waals surface area contributed by atoms with Crippen LogP contribution in [0.1, 0.15) is 17.7 Å². The largest absolute Gasteiger partial charge is 0.341 e. The van der Waals surface area contributed by atoms with Gasteiger partial charge in [0.2, 0.25) is 5.91 Å². The highest BCUT2D eigenvalue weighted by molar-refractivity contribution is 7.10. The summed E-state index contributed by atoms with van der Waals surface area (Å²) in [6, 6.07) is 4.05. The summed E-state index contributed by atoms with van der Waals surface area (Å²) in [5.74, 6) is 0.295. The van der Waals surface area contributed by atoms with Gasteiger partial charge in [-0.05, 0) is 30.8 Å². The van der Waals surface area contributed by atoms with Crippen LogP contribution in [0, 0.1) is 5.41 Å². The van der Waals surface area contributed by atoms with Crippen LogP contribution in [0.15, 0.2) is 17.5 Å². The fraction of sp³-hybridized carbons (Fsp3) is 0.615. The zero-order valence-corrected chi connectivity index (χ0v) is 10.8. The Balaban J connectivity index is 1.53. The van der Waals surface area contributed by atoms with Gasteiger partial charge in [-0.3, -0.25) is 4.79 Å². The van der Waals surface area contributed by atoms with Crippen molar-refractivity contribution >= 4 is 17.2 Å². The number of likely N-dealkylation sites (tertiary alicyclic amines) is 1. The Bertz CT molecular complexity index is 388. The van der Waals surface area contributed by atoms with Crippen molar-refractivity contribution in [2.75, 3.05) is 26.2 Å². The summed E-state index contributed by atoms with van der Waals surface area (Å²) < 4.78 is 0. The van der Waals surface area contributed by atoms with Crippen LogP contribution in [0.4, 0.5) is 0 Å². The first-order chi connectivity index (χ1) is 8.27. The Morgan fingerprint density at radius 2 is 2.41 bits per heavy atom. The molecular formula is C13H18N2OS. The highest BCUT2D eigenvalue weighted by atomic mass is 32.1. The molecule has 0 saturated carbocycles. The molecule has 17 heavy (non-hydrogen) atoms. The molecule has 0 unspecified atom stereocenters. The van der Waals surface area contributed by atoms with Crippen LogP contribution in [0.3, 0.4) is 0 Å². The third-order valence-corrected chi connectivity index (χ3v) is 4.75. The van der Waals surface area contributed by atoms with Gasteiger partial charge in [0, 0.05) is 29.9 Å². The van der Waals surface area contributed by atoms with Crippen LogP contribution < -0.4 is 5.32 Å². The number of hydrogen-bond acceptors (Lipinski definition) is 3. The second-order valence-electron chi connectivity index (χ2n) is 5.29. The number of carbonyl (C=O) groups is 1. The summed E-state index contributed by atoms with van der Waals surface area (Å²) in [5.41, 5.74) is 0.406. The van der Waals surface area contributed by atoms with E-state index in [1.54, 1.807) is 11.3 Å². The lowest BCUT2D eigenvalue weighted by Gasteiger charge is -2.52. The number of nitrogens with one attached hydrogen (secondary N) is 1. The van der Waals surface area contributed by atoms with E-state index in [0.717, 1.165) is 26.2 Å². The summed E-state index contributed by atoms with van der Waals surface area (Å²) in [4.78, 5) is 15.2. The maximum atomic E-state index is 12.0. The Kier molecular flexibility index (Phi) is 2.92. The van der Waals surface area contributed by atoms with Gasteiger partial charge in [-0.2, -0.15) is 0 Å². The topological polar surface area (TPSA) is 32.3 Å². The molecule has 2 fully saturated rings. The van der Waals surface area contributed by atoms with Crippen molar-refractivity contribution in [3.63, 3.8) is 0 Å². The molecule has 2 saturated heterocycles. The molecule has 2 aliphatic heterocycles. The van der Waals surface area contributed by atoms with Gasteiger partial charge in [-0.1, -0.05) is 6.07 Å².